The van der Waals surface area contributed by atoms with E-state index in [1.165, 1.54) is 14.1 Å². The van der Waals surface area contributed by atoms with Crippen molar-refractivity contribution in [3.05, 3.63) is 23.5 Å². The summed E-state index contributed by atoms with van der Waals surface area (Å²) in [5, 5.41) is 0. The number of pyridine rings is 1. The van der Waals surface area contributed by atoms with Gasteiger partial charge in [0.15, 0.2) is 6.61 Å². The molecule has 1 amide bonds. The number of piperidine rings is 1. The van der Waals surface area contributed by atoms with Gasteiger partial charge in [-0.2, -0.15) is 12.7 Å². The lowest BCUT2D eigenvalue weighted by Crippen LogP contribution is -2.46. The topological polar surface area (TPSA) is 91.8 Å². The third kappa shape index (κ3) is 6.15. The minimum Gasteiger partial charge on any atom is -0.482 e. The molecule has 1 aromatic rings. The molecule has 27 heavy (non-hydrogen) atoms. The van der Waals surface area contributed by atoms with Gasteiger partial charge in [0.05, 0.1) is 5.69 Å². The molecule has 0 spiro atoms. The molecule has 1 aromatic heterocycles. The van der Waals surface area contributed by atoms with Crippen molar-refractivity contribution in [2.24, 2.45) is 5.92 Å². The molecule has 8 nitrogen and oxygen atoms in total. The predicted octanol–water partition coefficient (Wildman–Crippen LogP) is 0.966. The number of hydrogen-bond donors (Lipinski definition) is 1. The molecule has 1 fully saturated rings. The highest BCUT2D eigenvalue weighted by atomic mass is 32.2. The van der Waals surface area contributed by atoms with E-state index in [9.17, 15) is 13.2 Å². The van der Waals surface area contributed by atoms with E-state index in [1.54, 1.807) is 4.90 Å². The molecule has 152 valence electrons. The van der Waals surface area contributed by atoms with Crippen molar-refractivity contribution in [3.63, 3.8) is 0 Å². The quantitative estimate of drug-likeness (QED) is 0.704. The Balaban J connectivity index is 1.87. The lowest BCUT2D eigenvalue weighted by Gasteiger charge is -2.33. The summed E-state index contributed by atoms with van der Waals surface area (Å²) in [5.74, 6) is 0.659. The number of nitrogens with one attached hydrogen (secondary N) is 1. The fourth-order valence-electron chi connectivity index (χ4n) is 3.02. The minimum atomic E-state index is -3.44. The number of ether oxygens (including phenoxy) is 1. The zero-order valence-corrected chi connectivity index (χ0v) is 17.4. The number of rotatable bonds is 8. The summed E-state index contributed by atoms with van der Waals surface area (Å²) in [7, 11) is -0.471. The molecule has 1 saturated heterocycles. The van der Waals surface area contributed by atoms with Gasteiger partial charge in [-0.3, -0.25) is 9.78 Å². The first-order valence-electron chi connectivity index (χ1n) is 9.27. The highest BCUT2D eigenvalue weighted by molar-refractivity contribution is 7.87. The summed E-state index contributed by atoms with van der Waals surface area (Å²) < 4.78 is 33.1. The average molecular weight is 399 g/mol. The highest BCUT2D eigenvalue weighted by Crippen LogP contribution is 2.19. The van der Waals surface area contributed by atoms with Crippen LogP contribution in [0.15, 0.2) is 12.1 Å². The van der Waals surface area contributed by atoms with Crippen molar-refractivity contribution < 1.29 is 17.9 Å². The van der Waals surface area contributed by atoms with Crippen LogP contribution in [0.25, 0.3) is 0 Å². The number of carbonyl (C=O) groups is 1. The summed E-state index contributed by atoms with van der Waals surface area (Å²) in [6, 6.07) is 3.72. The standard InChI is InChI=1S/C18H30N4O4S/c1-5-16-17(9-8-14(2)20-16)26-13-18(23)22-10-6-7-15(12-22)11-19-27(24,25)21(3)4/h8-9,15,19H,5-7,10-13H2,1-4H3/t15-/m0/s1. The third-order valence-corrected chi connectivity index (χ3v) is 6.16. The van der Waals surface area contributed by atoms with Crippen LogP contribution in [-0.2, 0) is 21.4 Å². The zero-order valence-electron chi connectivity index (χ0n) is 16.6. The van der Waals surface area contributed by atoms with E-state index in [-0.39, 0.29) is 18.4 Å². The molecule has 2 heterocycles. The Morgan fingerprint density at radius 3 is 2.81 bits per heavy atom. The normalized spacial score (nSPS) is 18.0. The number of nitrogens with zero attached hydrogens (tertiary/aromatic N) is 3. The van der Waals surface area contributed by atoms with Gasteiger partial charge in [-0.1, -0.05) is 6.92 Å². The van der Waals surface area contributed by atoms with Gasteiger partial charge in [0.1, 0.15) is 5.75 Å². The van der Waals surface area contributed by atoms with Gasteiger partial charge in [-0.25, -0.2) is 4.72 Å². The van der Waals surface area contributed by atoms with Gasteiger partial charge < -0.3 is 9.64 Å². The Bertz CT molecular complexity index is 752. The van der Waals surface area contributed by atoms with Crippen molar-refractivity contribution >= 4 is 16.1 Å². The second kappa shape index (κ2) is 9.48. The number of hydrogen-bond acceptors (Lipinski definition) is 5. The number of likely N-dealkylation sites (tertiary alicyclic amines) is 1. The first-order valence-corrected chi connectivity index (χ1v) is 10.7. The Morgan fingerprint density at radius 1 is 1.41 bits per heavy atom. The van der Waals surface area contributed by atoms with Gasteiger partial charge >= 0.3 is 0 Å². The maximum absolute atomic E-state index is 12.5. The Labute approximate surface area is 162 Å². The van der Waals surface area contributed by atoms with Crippen LogP contribution < -0.4 is 9.46 Å². The van der Waals surface area contributed by atoms with E-state index in [0.29, 0.717) is 25.4 Å². The molecule has 1 N–H and O–H groups in total. The van der Waals surface area contributed by atoms with Crippen LogP contribution in [0.3, 0.4) is 0 Å². The Kier molecular flexibility index (Phi) is 7.58. The van der Waals surface area contributed by atoms with Crippen LogP contribution in [0.5, 0.6) is 5.75 Å². The summed E-state index contributed by atoms with van der Waals surface area (Å²) in [6.07, 6.45) is 2.48. The van der Waals surface area contributed by atoms with E-state index in [0.717, 1.165) is 35.0 Å². The monoisotopic (exact) mass is 398 g/mol. The van der Waals surface area contributed by atoms with Crippen molar-refractivity contribution in [2.45, 2.75) is 33.1 Å². The van der Waals surface area contributed by atoms with E-state index in [1.807, 2.05) is 26.0 Å². The number of aromatic nitrogens is 1. The maximum Gasteiger partial charge on any atom is 0.278 e. The smallest absolute Gasteiger partial charge is 0.278 e. The van der Waals surface area contributed by atoms with Crippen molar-refractivity contribution in [3.8, 4) is 5.75 Å². The molecular weight excluding hydrogens is 368 g/mol. The lowest BCUT2D eigenvalue weighted by molar-refractivity contribution is -0.135. The Morgan fingerprint density at radius 2 is 2.15 bits per heavy atom. The van der Waals surface area contributed by atoms with Crippen molar-refractivity contribution in [1.29, 1.82) is 0 Å². The maximum atomic E-state index is 12.5. The predicted molar refractivity (Wildman–Crippen MR) is 104 cm³/mol. The van der Waals surface area contributed by atoms with E-state index in [2.05, 4.69) is 9.71 Å². The molecular formula is C18H30N4O4S. The molecule has 1 aliphatic heterocycles. The summed E-state index contributed by atoms with van der Waals surface area (Å²) in [5.41, 5.74) is 1.77. The molecule has 0 radical (unpaired) electrons. The molecule has 0 aliphatic carbocycles. The zero-order chi connectivity index (χ0) is 20.0. The molecule has 0 bridgehead atoms. The molecule has 2 rings (SSSR count). The van der Waals surface area contributed by atoms with Gasteiger partial charge in [0, 0.05) is 39.4 Å². The second-order valence-electron chi connectivity index (χ2n) is 7.02. The van der Waals surface area contributed by atoms with Crippen LogP contribution in [-0.4, -0.2) is 68.9 Å². The van der Waals surface area contributed by atoms with Crippen LogP contribution in [0.1, 0.15) is 31.2 Å². The number of aryl methyl sites for hydroxylation is 2. The van der Waals surface area contributed by atoms with Crippen LogP contribution >= 0.6 is 0 Å². The van der Waals surface area contributed by atoms with Crippen LogP contribution in [0, 0.1) is 12.8 Å². The SMILES string of the molecule is CCc1nc(C)ccc1OCC(=O)N1CCC[C@@H](CNS(=O)(=O)N(C)C)C1. The minimum absolute atomic E-state index is 0.0338. The van der Waals surface area contributed by atoms with Crippen molar-refractivity contribution in [2.75, 3.05) is 40.3 Å². The number of amides is 1. The first kappa shape index (κ1) is 21.6. The van der Waals surface area contributed by atoms with Crippen molar-refractivity contribution in [1.82, 2.24) is 18.9 Å². The third-order valence-electron chi connectivity index (χ3n) is 4.66. The Hall–Kier alpha value is -1.71. The van der Waals surface area contributed by atoms with Gasteiger partial charge in [0.25, 0.3) is 16.1 Å². The van der Waals surface area contributed by atoms with E-state index in [4.69, 9.17) is 4.74 Å². The van der Waals surface area contributed by atoms with Gasteiger partial charge in [-0.15, -0.1) is 0 Å². The molecule has 1 atom stereocenters. The summed E-state index contributed by atoms with van der Waals surface area (Å²) in [4.78, 5) is 18.7. The number of carbonyl (C=O) groups excluding carboxylic acids is 1. The molecule has 0 unspecified atom stereocenters. The molecule has 9 heteroatoms. The molecule has 0 aromatic carbocycles. The average Bonchev–Trinajstić information content (AvgIpc) is 2.65. The van der Waals surface area contributed by atoms with Gasteiger partial charge in [-0.05, 0) is 44.2 Å². The highest BCUT2D eigenvalue weighted by Gasteiger charge is 2.25. The largest absolute Gasteiger partial charge is 0.482 e. The molecule has 1 aliphatic rings. The summed E-state index contributed by atoms with van der Waals surface area (Å²) >= 11 is 0. The van der Waals surface area contributed by atoms with Gasteiger partial charge in [0.2, 0.25) is 0 Å². The van der Waals surface area contributed by atoms with E-state index < -0.39 is 10.2 Å². The first-order chi connectivity index (χ1) is 12.7. The fourth-order valence-corrected chi connectivity index (χ4v) is 3.73. The van der Waals surface area contributed by atoms with Crippen LogP contribution in [0.2, 0.25) is 0 Å². The fraction of sp³-hybridized carbons (Fsp3) is 0.667. The molecule has 0 saturated carbocycles. The summed E-state index contributed by atoms with van der Waals surface area (Å²) in [6.45, 7) is 5.42. The second-order valence-corrected chi connectivity index (χ2v) is 8.99. The lowest BCUT2D eigenvalue weighted by atomic mass is 9.98. The van der Waals surface area contributed by atoms with E-state index >= 15 is 0 Å². The van der Waals surface area contributed by atoms with Crippen LogP contribution in [0.4, 0.5) is 0 Å².